The van der Waals surface area contributed by atoms with Gasteiger partial charge in [-0.25, -0.2) is 8.78 Å². The van der Waals surface area contributed by atoms with Crippen LogP contribution in [0.15, 0.2) is 40.9 Å². The van der Waals surface area contributed by atoms with Crippen molar-refractivity contribution in [1.29, 1.82) is 0 Å². The summed E-state index contributed by atoms with van der Waals surface area (Å²) in [5.41, 5.74) is 2.97. The van der Waals surface area contributed by atoms with Crippen LogP contribution in [0.2, 0.25) is 0 Å². The summed E-state index contributed by atoms with van der Waals surface area (Å²) >= 11 is 3.17. The number of hydrogen-bond donors (Lipinski definition) is 2. The quantitative estimate of drug-likeness (QED) is 0.577. The molecule has 1 aliphatic heterocycles. The van der Waals surface area contributed by atoms with Crippen LogP contribution in [0.1, 0.15) is 36.7 Å². The number of fused-ring (bicyclic) bond motifs is 3. The van der Waals surface area contributed by atoms with Crippen molar-refractivity contribution in [3.63, 3.8) is 0 Å². The Kier molecular flexibility index (Phi) is 5.29. The molecule has 0 fully saturated rings. The Morgan fingerprint density at radius 1 is 1.25 bits per heavy atom. The molecule has 0 amide bonds. The second-order valence-corrected chi connectivity index (χ2v) is 8.70. The highest BCUT2D eigenvalue weighted by Crippen LogP contribution is 2.43. The number of aliphatic hydroxyl groups is 1. The van der Waals surface area contributed by atoms with E-state index in [2.05, 4.69) is 38.8 Å². The Bertz CT molecular complexity index is 996. The van der Waals surface area contributed by atoms with Gasteiger partial charge in [0.1, 0.15) is 11.6 Å². The van der Waals surface area contributed by atoms with Crippen LogP contribution in [-0.2, 0) is 6.42 Å². The van der Waals surface area contributed by atoms with E-state index in [9.17, 15) is 5.11 Å². The minimum Gasteiger partial charge on any atom is -0.396 e. The van der Waals surface area contributed by atoms with Crippen molar-refractivity contribution in [2.75, 3.05) is 13.2 Å². The lowest BCUT2D eigenvalue weighted by atomic mass is 9.87. The van der Waals surface area contributed by atoms with Gasteiger partial charge in [-0.15, -0.1) is 0 Å². The number of halogens is 3. The van der Waals surface area contributed by atoms with Gasteiger partial charge in [0.2, 0.25) is 0 Å². The summed E-state index contributed by atoms with van der Waals surface area (Å²) in [5.74, 6) is -1.15. The lowest BCUT2D eigenvalue weighted by molar-refractivity contribution is 0.101. The highest BCUT2D eigenvalue weighted by molar-refractivity contribution is 9.10. The number of aromatic nitrogens is 1. The molecule has 0 saturated heterocycles. The van der Waals surface area contributed by atoms with E-state index in [1.807, 2.05) is 25.1 Å². The van der Waals surface area contributed by atoms with Crippen molar-refractivity contribution in [3.05, 3.63) is 69.3 Å². The Morgan fingerprint density at radius 2 is 1.93 bits per heavy atom. The largest absolute Gasteiger partial charge is 0.396 e. The van der Waals surface area contributed by atoms with Crippen LogP contribution in [0.5, 0.6) is 0 Å². The molecule has 2 N–H and O–H groups in total. The monoisotopic (exact) mass is 448 g/mol. The summed E-state index contributed by atoms with van der Waals surface area (Å²) in [7, 11) is 0. The first kappa shape index (κ1) is 19.6. The molecule has 0 saturated carbocycles. The summed E-state index contributed by atoms with van der Waals surface area (Å²) in [5, 5.41) is 10.7. The smallest absolute Gasteiger partial charge is 0.132 e. The maximum Gasteiger partial charge on any atom is 0.132 e. The Hall–Kier alpha value is -1.76. The number of nitrogens with zero attached hydrogens (tertiary/aromatic N) is 1. The van der Waals surface area contributed by atoms with Crippen molar-refractivity contribution in [1.82, 2.24) is 9.88 Å². The number of aromatic amines is 1. The van der Waals surface area contributed by atoms with Gasteiger partial charge in [-0.1, -0.05) is 41.1 Å². The molecular weight excluding hydrogens is 426 g/mol. The van der Waals surface area contributed by atoms with Crippen LogP contribution < -0.4 is 0 Å². The molecule has 28 heavy (non-hydrogen) atoms. The zero-order valence-electron chi connectivity index (χ0n) is 15.8. The lowest BCUT2D eigenvalue weighted by Gasteiger charge is -2.42. The minimum atomic E-state index is -0.576. The van der Waals surface area contributed by atoms with Gasteiger partial charge in [0, 0.05) is 45.8 Å². The van der Waals surface area contributed by atoms with Gasteiger partial charge >= 0.3 is 0 Å². The van der Waals surface area contributed by atoms with E-state index in [0.29, 0.717) is 11.0 Å². The molecule has 1 aromatic heterocycles. The average molecular weight is 449 g/mol. The maximum atomic E-state index is 15.0. The zero-order valence-corrected chi connectivity index (χ0v) is 17.4. The molecule has 0 spiro atoms. The van der Waals surface area contributed by atoms with Gasteiger partial charge in [-0.2, -0.15) is 0 Å². The SMILES string of the molecule is CC(CO)CN1C(C)Cc2c([nH]c3ccccc23)C1c1c(F)cc(Br)cc1F. The van der Waals surface area contributed by atoms with E-state index < -0.39 is 17.7 Å². The Morgan fingerprint density at radius 3 is 2.61 bits per heavy atom. The van der Waals surface area contributed by atoms with Crippen LogP contribution >= 0.6 is 15.9 Å². The van der Waals surface area contributed by atoms with Crippen LogP contribution in [0.25, 0.3) is 10.9 Å². The molecule has 1 aliphatic rings. The molecule has 4 rings (SSSR count). The second-order valence-electron chi connectivity index (χ2n) is 7.79. The van der Waals surface area contributed by atoms with E-state index in [1.54, 1.807) is 0 Å². The first-order valence-corrected chi connectivity index (χ1v) is 10.3. The van der Waals surface area contributed by atoms with Crippen LogP contribution in [0, 0.1) is 17.6 Å². The molecule has 3 atom stereocenters. The number of hydrogen-bond acceptors (Lipinski definition) is 2. The van der Waals surface area contributed by atoms with Gasteiger partial charge < -0.3 is 10.1 Å². The van der Waals surface area contributed by atoms with Crippen LogP contribution in [-0.4, -0.2) is 34.2 Å². The van der Waals surface area contributed by atoms with Gasteiger partial charge in [0.25, 0.3) is 0 Å². The second kappa shape index (κ2) is 7.58. The number of rotatable bonds is 4. The highest BCUT2D eigenvalue weighted by atomic mass is 79.9. The molecule has 3 unspecified atom stereocenters. The van der Waals surface area contributed by atoms with Crippen molar-refractivity contribution in [3.8, 4) is 0 Å². The standard InChI is InChI=1S/C22H23BrF2N2O/c1-12(11-28)10-27-13(2)7-16-15-5-3-4-6-19(15)26-21(16)22(27)20-17(24)8-14(23)9-18(20)25/h3-6,8-9,12-13,22,26,28H,7,10-11H2,1-2H3. The predicted octanol–water partition coefficient (Wildman–Crippen LogP) is 5.17. The zero-order chi connectivity index (χ0) is 20.0. The fraction of sp³-hybridized carbons (Fsp3) is 0.364. The fourth-order valence-electron chi connectivity index (χ4n) is 4.33. The molecule has 0 aliphatic carbocycles. The normalized spacial score (nSPS) is 21.1. The molecule has 2 heterocycles. The topological polar surface area (TPSA) is 39.3 Å². The lowest BCUT2D eigenvalue weighted by Crippen LogP contribution is -2.45. The van der Waals surface area contributed by atoms with Gasteiger partial charge in [-0.05, 0) is 43.0 Å². The van der Waals surface area contributed by atoms with Crippen molar-refractivity contribution in [2.45, 2.75) is 32.4 Å². The summed E-state index contributed by atoms with van der Waals surface area (Å²) < 4.78 is 30.4. The number of aliphatic hydroxyl groups excluding tert-OH is 1. The van der Waals surface area contributed by atoms with E-state index >= 15 is 8.78 Å². The molecule has 0 bridgehead atoms. The van der Waals surface area contributed by atoms with Crippen molar-refractivity contribution >= 4 is 26.8 Å². The van der Waals surface area contributed by atoms with Gasteiger partial charge in [0.15, 0.2) is 0 Å². The predicted molar refractivity (Wildman–Crippen MR) is 110 cm³/mol. The van der Waals surface area contributed by atoms with Crippen LogP contribution in [0.3, 0.4) is 0 Å². The maximum absolute atomic E-state index is 15.0. The van der Waals surface area contributed by atoms with E-state index in [-0.39, 0.29) is 24.1 Å². The number of para-hydroxylation sites is 1. The summed E-state index contributed by atoms with van der Waals surface area (Å²) in [4.78, 5) is 5.53. The first-order valence-electron chi connectivity index (χ1n) is 9.51. The van der Waals surface area contributed by atoms with E-state index in [1.165, 1.54) is 12.1 Å². The first-order chi connectivity index (χ1) is 13.4. The summed E-state index contributed by atoms with van der Waals surface area (Å²) in [6.45, 7) is 4.60. The molecule has 3 nitrogen and oxygen atoms in total. The van der Waals surface area contributed by atoms with Crippen molar-refractivity contribution in [2.24, 2.45) is 5.92 Å². The third-order valence-corrected chi connectivity index (χ3v) is 6.13. The minimum absolute atomic E-state index is 0.00236. The molecule has 6 heteroatoms. The Labute approximate surface area is 171 Å². The number of benzene rings is 2. The van der Waals surface area contributed by atoms with Crippen LogP contribution in [0.4, 0.5) is 8.78 Å². The van der Waals surface area contributed by atoms with E-state index in [4.69, 9.17) is 0 Å². The Balaban J connectivity index is 1.95. The number of H-pyrrole nitrogens is 1. The highest BCUT2D eigenvalue weighted by Gasteiger charge is 2.39. The van der Waals surface area contributed by atoms with Crippen molar-refractivity contribution < 1.29 is 13.9 Å². The summed E-state index contributed by atoms with van der Waals surface area (Å²) in [6, 6.07) is 10.1. The molecule has 148 valence electrons. The number of nitrogens with one attached hydrogen (secondary N) is 1. The van der Waals surface area contributed by atoms with Gasteiger partial charge in [0.05, 0.1) is 6.04 Å². The molecule has 0 radical (unpaired) electrons. The molecule has 2 aromatic carbocycles. The third-order valence-electron chi connectivity index (χ3n) is 5.67. The fourth-order valence-corrected chi connectivity index (χ4v) is 4.74. The molecule has 3 aromatic rings. The van der Waals surface area contributed by atoms with Gasteiger partial charge in [-0.3, -0.25) is 4.90 Å². The average Bonchev–Trinajstić information content (AvgIpc) is 3.01. The van der Waals surface area contributed by atoms with E-state index in [0.717, 1.165) is 28.6 Å². The third kappa shape index (κ3) is 3.27. The molecular formula is C22H23BrF2N2O. The summed E-state index contributed by atoms with van der Waals surface area (Å²) in [6.07, 6.45) is 0.785.